The molecule has 0 aromatic heterocycles. The van der Waals surface area contributed by atoms with Crippen LogP contribution in [-0.4, -0.2) is 35.7 Å². The van der Waals surface area contributed by atoms with Crippen LogP contribution < -0.4 is 5.73 Å². The van der Waals surface area contributed by atoms with Gasteiger partial charge in [0.1, 0.15) is 5.60 Å². The number of ether oxygens (including phenoxy) is 1. The van der Waals surface area contributed by atoms with Crippen LogP contribution in [0.1, 0.15) is 41.0 Å². The molecule has 0 unspecified atom stereocenters. The van der Waals surface area contributed by atoms with Gasteiger partial charge < -0.3 is 15.4 Å². The third kappa shape index (κ3) is 4.54. The van der Waals surface area contributed by atoms with Gasteiger partial charge in [-0.25, -0.2) is 4.79 Å². The predicted molar refractivity (Wildman–Crippen MR) is 68.7 cm³/mol. The molecule has 0 aromatic rings. The number of rotatable bonds is 3. The Kier molecular flexibility index (Phi) is 4.42. The molecule has 0 radical (unpaired) electrons. The summed E-state index contributed by atoms with van der Waals surface area (Å²) in [6.07, 6.45) is 0.804. The number of amides is 1. The van der Waals surface area contributed by atoms with E-state index in [4.69, 9.17) is 10.5 Å². The largest absolute Gasteiger partial charge is 0.444 e. The van der Waals surface area contributed by atoms with Crippen molar-refractivity contribution in [1.29, 1.82) is 0 Å². The van der Waals surface area contributed by atoms with Crippen LogP contribution in [0.5, 0.6) is 0 Å². The minimum atomic E-state index is -0.414. The minimum Gasteiger partial charge on any atom is -0.444 e. The van der Waals surface area contributed by atoms with Gasteiger partial charge in [-0.15, -0.1) is 0 Å². The fraction of sp³-hybridized carbons (Fsp3) is 0.923. The molecule has 4 nitrogen and oxygen atoms in total. The van der Waals surface area contributed by atoms with Crippen LogP contribution in [0.25, 0.3) is 0 Å². The van der Waals surface area contributed by atoms with Crippen molar-refractivity contribution < 1.29 is 9.53 Å². The lowest BCUT2D eigenvalue weighted by Crippen LogP contribution is -2.57. The van der Waals surface area contributed by atoms with Gasteiger partial charge in [0.2, 0.25) is 0 Å². The lowest BCUT2D eigenvalue weighted by molar-refractivity contribution is -0.00554. The number of hydrogen-bond donors (Lipinski definition) is 1. The van der Waals surface area contributed by atoms with Gasteiger partial charge in [0.25, 0.3) is 0 Å². The molecule has 0 spiro atoms. The molecule has 1 fully saturated rings. The minimum absolute atomic E-state index is 0.202. The number of likely N-dealkylation sites (tertiary alicyclic amines) is 1. The normalized spacial score (nSPS) is 19.1. The number of hydrogen-bond acceptors (Lipinski definition) is 3. The zero-order valence-electron chi connectivity index (χ0n) is 11.7. The van der Waals surface area contributed by atoms with Crippen LogP contribution in [0, 0.1) is 11.8 Å². The maximum absolute atomic E-state index is 11.7. The summed E-state index contributed by atoms with van der Waals surface area (Å²) in [7, 11) is 0. The fourth-order valence-corrected chi connectivity index (χ4v) is 2.00. The standard InChI is InChI=1S/C13H26N2O2/c1-9(2)6-11(14)10-7-15(8-10)12(16)17-13(3,4)5/h9-11H,6-8,14H2,1-5H3/t11-/m0/s1. The van der Waals surface area contributed by atoms with E-state index in [0.717, 1.165) is 19.5 Å². The van der Waals surface area contributed by atoms with E-state index in [2.05, 4.69) is 13.8 Å². The third-order valence-corrected chi connectivity index (χ3v) is 2.91. The number of nitrogens with zero attached hydrogens (tertiary/aromatic N) is 1. The molecule has 100 valence electrons. The van der Waals surface area contributed by atoms with E-state index >= 15 is 0 Å². The Morgan fingerprint density at radius 3 is 2.35 bits per heavy atom. The number of carbonyl (C=O) groups excluding carboxylic acids is 1. The highest BCUT2D eigenvalue weighted by molar-refractivity contribution is 5.69. The predicted octanol–water partition coefficient (Wildman–Crippen LogP) is 2.23. The average molecular weight is 242 g/mol. The lowest BCUT2D eigenvalue weighted by Gasteiger charge is -2.42. The van der Waals surface area contributed by atoms with Gasteiger partial charge in [0.05, 0.1) is 0 Å². The highest BCUT2D eigenvalue weighted by Crippen LogP contribution is 2.24. The first-order valence-corrected chi connectivity index (χ1v) is 6.42. The Bertz CT molecular complexity index is 265. The SMILES string of the molecule is CC(C)C[C@H](N)C1CN(C(=O)OC(C)(C)C)C1. The third-order valence-electron chi connectivity index (χ3n) is 2.91. The van der Waals surface area contributed by atoms with E-state index in [9.17, 15) is 4.79 Å². The molecule has 2 N–H and O–H groups in total. The molecule has 0 aliphatic carbocycles. The Balaban J connectivity index is 2.29. The van der Waals surface area contributed by atoms with E-state index < -0.39 is 5.60 Å². The van der Waals surface area contributed by atoms with Crippen molar-refractivity contribution in [2.75, 3.05) is 13.1 Å². The zero-order chi connectivity index (χ0) is 13.2. The quantitative estimate of drug-likeness (QED) is 0.825. The summed E-state index contributed by atoms with van der Waals surface area (Å²) in [4.78, 5) is 13.4. The van der Waals surface area contributed by atoms with E-state index in [1.54, 1.807) is 4.90 Å². The Hall–Kier alpha value is -0.770. The van der Waals surface area contributed by atoms with Crippen molar-refractivity contribution in [3.05, 3.63) is 0 Å². The Morgan fingerprint density at radius 1 is 1.41 bits per heavy atom. The van der Waals surface area contributed by atoms with Crippen molar-refractivity contribution in [2.45, 2.75) is 52.7 Å². The fourth-order valence-electron chi connectivity index (χ4n) is 2.00. The maximum atomic E-state index is 11.7. The second-order valence-corrected chi connectivity index (χ2v) is 6.44. The van der Waals surface area contributed by atoms with Crippen molar-refractivity contribution in [1.82, 2.24) is 4.90 Å². The molecule has 0 aromatic carbocycles. The highest BCUT2D eigenvalue weighted by Gasteiger charge is 2.36. The molecular weight excluding hydrogens is 216 g/mol. The van der Waals surface area contributed by atoms with Crippen molar-refractivity contribution in [3.63, 3.8) is 0 Å². The van der Waals surface area contributed by atoms with Gasteiger partial charge in [-0.05, 0) is 33.1 Å². The summed E-state index contributed by atoms with van der Waals surface area (Å²) in [6.45, 7) is 11.5. The van der Waals surface area contributed by atoms with Crippen LogP contribution in [-0.2, 0) is 4.74 Å². The van der Waals surface area contributed by atoms with Gasteiger partial charge in [0, 0.05) is 25.0 Å². The monoisotopic (exact) mass is 242 g/mol. The van der Waals surface area contributed by atoms with Crippen LogP contribution in [0.15, 0.2) is 0 Å². The van der Waals surface area contributed by atoms with Crippen molar-refractivity contribution in [2.24, 2.45) is 17.6 Å². The topological polar surface area (TPSA) is 55.6 Å². The van der Waals surface area contributed by atoms with Gasteiger partial charge in [-0.3, -0.25) is 0 Å². The second kappa shape index (κ2) is 5.25. The van der Waals surface area contributed by atoms with Crippen LogP contribution in [0.2, 0.25) is 0 Å². The molecular formula is C13H26N2O2. The molecule has 1 saturated heterocycles. The van der Waals surface area contributed by atoms with Crippen molar-refractivity contribution in [3.8, 4) is 0 Å². The summed E-state index contributed by atoms with van der Waals surface area (Å²) in [6, 6.07) is 0.202. The second-order valence-electron chi connectivity index (χ2n) is 6.44. The molecule has 1 rings (SSSR count). The van der Waals surface area contributed by atoms with Gasteiger partial charge in [-0.2, -0.15) is 0 Å². The molecule has 0 saturated carbocycles. The molecule has 4 heteroatoms. The number of carbonyl (C=O) groups is 1. The summed E-state index contributed by atoms with van der Waals surface area (Å²) in [5.41, 5.74) is 5.68. The van der Waals surface area contributed by atoms with Crippen LogP contribution >= 0.6 is 0 Å². The first-order valence-electron chi connectivity index (χ1n) is 6.42. The lowest BCUT2D eigenvalue weighted by atomic mass is 9.87. The summed E-state index contributed by atoms with van der Waals surface area (Å²) in [5, 5.41) is 0. The van der Waals surface area contributed by atoms with E-state index in [0.29, 0.717) is 11.8 Å². The maximum Gasteiger partial charge on any atom is 0.410 e. The summed E-state index contributed by atoms with van der Waals surface area (Å²) in [5.74, 6) is 1.05. The zero-order valence-corrected chi connectivity index (χ0v) is 11.7. The van der Waals surface area contributed by atoms with E-state index in [1.165, 1.54) is 0 Å². The molecule has 1 aliphatic rings. The number of nitrogens with two attached hydrogens (primary N) is 1. The van der Waals surface area contributed by atoms with Crippen LogP contribution in [0.4, 0.5) is 4.79 Å². The highest BCUT2D eigenvalue weighted by atomic mass is 16.6. The first-order chi connectivity index (χ1) is 7.69. The average Bonchev–Trinajstić information content (AvgIpc) is 1.94. The van der Waals surface area contributed by atoms with E-state index in [-0.39, 0.29) is 12.1 Å². The summed E-state index contributed by atoms with van der Waals surface area (Å²) < 4.78 is 5.30. The van der Waals surface area contributed by atoms with Crippen LogP contribution in [0.3, 0.4) is 0 Å². The smallest absolute Gasteiger partial charge is 0.410 e. The van der Waals surface area contributed by atoms with Crippen molar-refractivity contribution >= 4 is 6.09 Å². The molecule has 0 bridgehead atoms. The molecule has 1 aliphatic heterocycles. The first kappa shape index (κ1) is 14.3. The Labute approximate surface area is 104 Å². The molecule has 17 heavy (non-hydrogen) atoms. The molecule has 1 atom stereocenters. The summed E-state index contributed by atoms with van der Waals surface area (Å²) >= 11 is 0. The van der Waals surface area contributed by atoms with E-state index in [1.807, 2.05) is 20.8 Å². The van der Waals surface area contributed by atoms with Gasteiger partial charge in [-0.1, -0.05) is 13.8 Å². The molecule has 1 amide bonds. The van der Waals surface area contributed by atoms with Gasteiger partial charge in [0.15, 0.2) is 0 Å². The Morgan fingerprint density at radius 2 is 1.94 bits per heavy atom. The van der Waals surface area contributed by atoms with Gasteiger partial charge >= 0.3 is 6.09 Å². The molecule has 1 heterocycles.